The lowest BCUT2D eigenvalue weighted by molar-refractivity contribution is -0.121. The maximum atomic E-state index is 11.8. The van der Waals surface area contributed by atoms with Gasteiger partial charge >= 0.3 is 0 Å². The molecule has 1 heterocycles. The van der Waals surface area contributed by atoms with Gasteiger partial charge in [0.15, 0.2) is 9.84 Å². The van der Waals surface area contributed by atoms with E-state index in [1.807, 2.05) is 12.1 Å². The molecule has 0 aliphatic rings. The van der Waals surface area contributed by atoms with Gasteiger partial charge in [-0.25, -0.2) is 8.42 Å². The van der Waals surface area contributed by atoms with Crippen molar-refractivity contribution in [1.29, 1.82) is 0 Å². The smallest absolute Gasteiger partial charge is 0.220 e. The van der Waals surface area contributed by atoms with Crippen molar-refractivity contribution in [1.82, 2.24) is 5.32 Å². The van der Waals surface area contributed by atoms with Crippen molar-refractivity contribution in [3.8, 4) is 0 Å². The largest absolute Gasteiger partial charge is 0.352 e. The molecule has 7 heteroatoms. The van der Waals surface area contributed by atoms with Crippen LogP contribution in [0.1, 0.15) is 16.9 Å². The predicted octanol–water partition coefficient (Wildman–Crippen LogP) is 3.05. The van der Waals surface area contributed by atoms with E-state index < -0.39 is 9.84 Å². The fourth-order valence-electron chi connectivity index (χ4n) is 1.87. The maximum Gasteiger partial charge on any atom is 0.220 e. The molecule has 0 saturated heterocycles. The Labute approximate surface area is 139 Å². The molecule has 0 fully saturated rings. The highest BCUT2D eigenvalue weighted by atomic mass is 35.5. The van der Waals surface area contributed by atoms with Gasteiger partial charge in [0.2, 0.25) is 5.91 Å². The summed E-state index contributed by atoms with van der Waals surface area (Å²) in [6.45, 7) is 0.383. The van der Waals surface area contributed by atoms with Gasteiger partial charge in [-0.3, -0.25) is 4.79 Å². The Morgan fingerprint density at radius 2 is 1.86 bits per heavy atom. The molecule has 0 aliphatic carbocycles. The van der Waals surface area contributed by atoms with Crippen molar-refractivity contribution >= 4 is 38.7 Å². The summed E-state index contributed by atoms with van der Waals surface area (Å²) in [4.78, 5) is 13.1. The molecule has 1 aromatic heterocycles. The number of hydrogen-bond acceptors (Lipinski definition) is 4. The zero-order valence-corrected chi connectivity index (χ0v) is 14.4. The van der Waals surface area contributed by atoms with Crippen molar-refractivity contribution in [3.05, 3.63) is 51.2 Å². The molecule has 1 amide bonds. The summed E-state index contributed by atoms with van der Waals surface area (Å²) in [5, 5.41) is 2.82. The first-order valence-corrected chi connectivity index (χ1v) is 9.73. The lowest BCUT2D eigenvalue weighted by Gasteiger charge is -2.06. The Hall–Kier alpha value is -1.37. The number of carbonyl (C=O) groups excluding carboxylic acids is 1. The zero-order valence-electron chi connectivity index (χ0n) is 12.0. The molecule has 0 spiro atoms. The van der Waals surface area contributed by atoms with Gasteiger partial charge in [-0.15, -0.1) is 11.3 Å². The lowest BCUT2D eigenvalue weighted by Crippen LogP contribution is -2.22. The fourth-order valence-corrected chi connectivity index (χ4v) is 3.58. The summed E-state index contributed by atoms with van der Waals surface area (Å²) in [6, 6.07) is 10.2. The maximum absolute atomic E-state index is 11.8. The number of sulfone groups is 1. The average molecular weight is 358 g/mol. The minimum Gasteiger partial charge on any atom is -0.352 e. The molecular formula is C15H16ClNO3S2. The third kappa shape index (κ3) is 5.12. The molecular weight excluding hydrogens is 342 g/mol. The number of aryl methyl sites for hydroxylation is 1. The van der Waals surface area contributed by atoms with E-state index >= 15 is 0 Å². The summed E-state index contributed by atoms with van der Waals surface area (Å²) in [6.07, 6.45) is 2.23. The van der Waals surface area contributed by atoms with Gasteiger partial charge in [-0.05, 0) is 36.2 Å². The van der Waals surface area contributed by atoms with Crippen LogP contribution in [0.2, 0.25) is 4.34 Å². The van der Waals surface area contributed by atoms with Crippen LogP contribution in [0.5, 0.6) is 0 Å². The molecule has 1 N–H and O–H groups in total. The number of thiophene rings is 1. The predicted molar refractivity (Wildman–Crippen MR) is 89.0 cm³/mol. The number of amides is 1. The third-order valence-electron chi connectivity index (χ3n) is 3.07. The van der Waals surface area contributed by atoms with Crippen molar-refractivity contribution in [2.24, 2.45) is 0 Å². The molecule has 1 aromatic carbocycles. The van der Waals surface area contributed by atoms with Crippen molar-refractivity contribution in [2.75, 3.05) is 6.26 Å². The van der Waals surface area contributed by atoms with E-state index in [1.54, 1.807) is 24.3 Å². The van der Waals surface area contributed by atoms with E-state index in [9.17, 15) is 13.2 Å². The Bertz CT molecular complexity index is 751. The molecule has 0 atom stereocenters. The summed E-state index contributed by atoms with van der Waals surface area (Å²) >= 11 is 7.31. The molecule has 0 saturated carbocycles. The average Bonchev–Trinajstić information content (AvgIpc) is 2.88. The van der Waals surface area contributed by atoms with Crippen LogP contribution in [-0.2, 0) is 27.6 Å². The minimum absolute atomic E-state index is 0.0447. The third-order valence-corrected chi connectivity index (χ3v) is 5.49. The number of carbonyl (C=O) groups is 1. The van der Waals surface area contributed by atoms with E-state index in [0.29, 0.717) is 19.4 Å². The SMILES string of the molecule is CS(=O)(=O)c1ccc(CNC(=O)CCc2ccc(Cl)s2)cc1. The Balaban J connectivity index is 1.81. The fraction of sp³-hybridized carbons (Fsp3) is 0.267. The molecule has 4 nitrogen and oxygen atoms in total. The first kappa shape index (κ1) is 17.0. The quantitative estimate of drug-likeness (QED) is 0.864. The normalized spacial score (nSPS) is 11.4. The van der Waals surface area contributed by atoms with Gasteiger partial charge in [0.1, 0.15) is 0 Å². The highest BCUT2D eigenvalue weighted by Crippen LogP contribution is 2.22. The standard InChI is InChI=1S/C15H16ClNO3S2/c1-22(19,20)13-6-2-11(3-7-13)10-17-15(18)9-5-12-4-8-14(16)21-12/h2-4,6-8H,5,9-10H2,1H3,(H,17,18). The van der Waals surface area contributed by atoms with Crippen LogP contribution in [0.3, 0.4) is 0 Å². The highest BCUT2D eigenvalue weighted by Gasteiger charge is 2.07. The molecule has 2 rings (SSSR count). The Morgan fingerprint density at radius 3 is 2.41 bits per heavy atom. The molecule has 0 radical (unpaired) electrons. The van der Waals surface area contributed by atoms with Crippen LogP contribution in [0.4, 0.5) is 0 Å². The van der Waals surface area contributed by atoms with Crippen LogP contribution >= 0.6 is 22.9 Å². The van der Waals surface area contributed by atoms with Gasteiger partial charge in [0, 0.05) is 24.1 Å². The molecule has 2 aromatic rings. The molecule has 0 bridgehead atoms. The zero-order chi connectivity index (χ0) is 16.2. The molecule has 0 unspecified atom stereocenters. The first-order valence-electron chi connectivity index (χ1n) is 6.64. The minimum atomic E-state index is -3.19. The van der Waals surface area contributed by atoms with Crippen molar-refractivity contribution in [2.45, 2.75) is 24.3 Å². The van der Waals surface area contributed by atoms with Crippen LogP contribution in [0.25, 0.3) is 0 Å². The van der Waals surface area contributed by atoms with Gasteiger partial charge in [-0.1, -0.05) is 23.7 Å². The monoisotopic (exact) mass is 357 g/mol. The van der Waals surface area contributed by atoms with Gasteiger partial charge in [-0.2, -0.15) is 0 Å². The van der Waals surface area contributed by atoms with E-state index in [4.69, 9.17) is 11.6 Å². The number of nitrogens with one attached hydrogen (secondary N) is 1. The first-order chi connectivity index (χ1) is 10.3. The van der Waals surface area contributed by atoms with Crippen LogP contribution in [-0.4, -0.2) is 20.6 Å². The summed E-state index contributed by atoms with van der Waals surface area (Å²) in [5.41, 5.74) is 0.861. The van der Waals surface area contributed by atoms with E-state index in [1.165, 1.54) is 17.6 Å². The number of benzene rings is 1. The Kier molecular flexibility index (Phi) is 5.61. The number of halogens is 1. The molecule has 22 heavy (non-hydrogen) atoms. The summed E-state index contributed by atoms with van der Waals surface area (Å²) in [5.74, 6) is -0.0447. The van der Waals surface area contributed by atoms with Gasteiger partial charge in [0.25, 0.3) is 0 Å². The second-order valence-corrected chi connectivity index (χ2v) is 8.71. The van der Waals surface area contributed by atoms with E-state index in [-0.39, 0.29) is 10.8 Å². The van der Waals surface area contributed by atoms with Crippen LogP contribution < -0.4 is 5.32 Å². The number of hydrogen-bond donors (Lipinski definition) is 1. The molecule has 118 valence electrons. The van der Waals surface area contributed by atoms with Gasteiger partial charge < -0.3 is 5.32 Å². The van der Waals surface area contributed by atoms with Crippen molar-refractivity contribution < 1.29 is 13.2 Å². The topological polar surface area (TPSA) is 63.2 Å². The number of rotatable bonds is 6. The second kappa shape index (κ2) is 7.26. The van der Waals surface area contributed by atoms with Gasteiger partial charge in [0.05, 0.1) is 9.23 Å². The lowest BCUT2D eigenvalue weighted by atomic mass is 10.2. The van der Waals surface area contributed by atoms with E-state index in [0.717, 1.165) is 14.8 Å². The highest BCUT2D eigenvalue weighted by molar-refractivity contribution is 7.90. The second-order valence-electron chi connectivity index (χ2n) is 4.90. The Morgan fingerprint density at radius 1 is 1.18 bits per heavy atom. The van der Waals surface area contributed by atoms with E-state index in [2.05, 4.69) is 5.32 Å². The summed E-state index contributed by atoms with van der Waals surface area (Å²) in [7, 11) is -3.19. The molecule has 0 aliphatic heterocycles. The van der Waals surface area contributed by atoms with Crippen LogP contribution in [0, 0.1) is 0 Å². The van der Waals surface area contributed by atoms with Crippen molar-refractivity contribution in [3.63, 3.8) is 0 Å². The summed E-state index contributed by atoms with van der Waals surface area (Å²) < 4.78 is 23.4. The van der Waals surface area contributed by atoms with Crippen LogP contribution in [0.15, 0.2) is 41.3 Å².